The molecule has 0 spiro atoms. The van der Waals surface area contributed by atoms with Crippen LogP contribution in [-0.4, -0.2) is 16.5 Å². The number of fused-ring (bicyclic) bond motifs is 1. The summed E-state index contributed by atoms with van der Waals surface area (Å²) >= 11 is 0. The van der Waals surface area contributed by atoms with Gasteiger partial charge in [-0.25, -0.2) is 9.37 Å². The minimum absolute atomic E-state index is 0. The SMILES string of the molecule is Cl.Cl.Fc1ccc(CCNCc2ccc(Oc3ccc4[nH]cnc4c3)cc2)cc1. The molecule has 0 aliphatic rings. The molecule has 0 aliphatic carbocycles. The molecular formula is C22H22Cl2FN3O. The quantitative estimate of drug-likeness (QED) is 0.369. The third-order valence-electron chi connectivity index (χ3n) is 4.38. The summed E-state index contributed by atoms with van der Waals surface area (Å²) < 4.78 is 18.8. The number of H-pyrrole nitrogens is 1. The predicted molar refractivity (Wildman–Crippen MR) is 119 cm³/mol. The summed E-state index contributed by atoms with van der Waals surface area (Å²) in [7, 11) is 0. The van der Waals surface area contributed by atoms with Crippen LogP contribution in [0.15, 0.2) is 73.1 Å². The van der Waals surface area contributed by atoms with Gasteiger partial charge in [0.05, 0.1) is 17.4 Å². The molecule has 0 fully saturated rings. The standard InChI is InChI=1S/C22H20FN3O.2ClH/c23-18-5-1-16(2-6-18)11-12-24-14-17-3-7-19(8-4-17)27-20-9-10-21-22(13-20)26-15-25-21;;/h1-10,13,15,24H,11-12,14H2,(H,25,26);2*1H. The Kier molecular flexibility index (Phi) is 8.46. The summed E-state index contributed by atoms with van der Waals surface area (Å²) in [4.78, 5) is 7.31. The fraction of sp³-hybridized carbons (Fsp3) is 0.136. The molecule has 1 heterocycles. The van der Waals surface area contributed by atoms with Gasteiger partial charge in [-0.3, -0.25) is 0 Å². The Morgan fingerprint density at radius 2 is 1.55 bits per heavy atom. The fourth-order valence-corrected chi connectivity index (χ4v) is 2.90. The summed E-state index contributed by atoms with van der Waals surface area (Å²) in [5, 5.41) is 3.40. The van der Waals surface area contributed by atoms with Crippen LogP contribution in [0.25, 0.3) is 11.0 Å². The second kappa shape index (κ2) is 10.8. The first-order chi connectivity index (χ1) is 13.3. The molecule has 0 radical (unpaired) electrons. The number of imidazole rings is 1. The van der Waals surface area contributed by atoms with Crippen LogP contribution in [0.2, 0.25) is 0 Å². The van der Waals surface area contributed by atoms with Crippen molar-refractivity contribution in [3.63, 3.8) is 0 Å². The number of halogens is 3. The van der Waals surface area contributed by atoms with Gasteiger partial charge >= 0.3 is 0 Å². The number of benzene rings is 3. The highest BCUT2D eigenvalue weighted by molar-refractivity contribution is 5.85. The van der Waals surface area contributed by atoms with Crippen molar-refractivity contribution in [3.05, 3.63) is 90.0 Å². The number of ether oxygens (including phenoxy) is 1. The molecule has 4 aromatic rings. The minimum Gasteiger partial charge on any atom is -0.457 e. The lowest BCUT2D eigenvalue weighted by atomic mass is 10.1. The van der Waals surface area contributed by atoms with Crippen molar-refractivity contribution in [2.45, 2.75) is 13.0 Å². The van der Waals surface area contributed by atoms with E-state index in [1.165, 1.54) is 17.7 Å². The molecular weight excluding hydrogens is 412 g/mol. The normalized spacial score (nSPS) is 10.2. The van der Waals surface area contributed by atoms with Crippen LogP contribution < -0.4 is 10.1 Å². The third-order valence-corrected chi connectivity index (χ3v) is 4.38. The molecule has 0 aliphatic heterocycles. The lowest BCUT2D eigenvalue weighted by molar-refractivity contribution is 0.483. The van der Waals surface area contributed by atoms with E-state index in [-0.39, 0.29) is 30.6 Å². The number of aromatic amines is 1. The van der Waals surface area contributed by atoms with Crippen molar-refractivity contribution in [1.29, 1.82) is 0 Å². The van der Waals surface area contributed by atoms with E-state index >= 15 is 0 Å². The molecule has 4 nitrogen and oxygen atoms in total. The fourth-order valence-electron chi connectivity index (χ4n) is 2.90. The number of hydrogen-bond donors (Lipinski definition) is 2. The molecule has 0 saturated carbocycles. The van der Waals surface area contributed by atoms with Gasteiger partial charge in [-0.2, -0.15) is 0 Å². The maximum Gasteiger partial charge on any atom is 0.129 e. The van der Waals surface area contributed by atoms with Crippen LogP contribution >= 0.6 is 24.8 Å². The largest absolute Gasteiger partial charge is 0.457 e. The number of rotatable bonds is 7. The Balaban J connectivity index is 0.00000150. The Labute approximate surface area is 181 Å². The first-order valence-corrected chi connectivity index (χ1v) is 8.91. The molecule has 0 bridgehead atoms. The molecule has 4 rings (SSSR count). The summed E-state index contributed by atoms with van der Waals surface area (Å²) in [6.45, 7) is 1.62. The second-order valence-corrected chi connectivity index (χ2v) is 6.38. The predicted octanol–water partition coefficient (Wildman–Crippen LogP) is 5.67. The smallest absolute Gasteiger partial charge is 0.129 e. The van der Waals surface area contributed by atoms with Crippen LogP contribution in [0.3, 0.4) is 0 Å². The van der Waals surface area contributed by atoms with Crippen molar-refractivity contribution < 1.29 is 9.13 Å². The summed E-state index contributed by atoms with van der Waals surface area (Å²) in [6.07, 6.45) is 2.55. The average molecular weight is 434 g/mol. The van der Waals surface area contributed by atoms with Gasteiger partial charge in [0.25, 0.3) is 0 Å². The summed E-state index contributed by atoms with van der Waals surface area (Å²) in [5.41, 5.74) is 4.18. The molecule has 29 heavy (non-hydrogen) atoms. The Hall–Kier alpha value is -2.60. The minimum atomic E-state index is -0.196. The van der Waals surface area contributed by atoms with Gasteiger partial charge in [-0.05, 0) is 60.5 Å². The maximum atomic E-state index is 12.9. The monoisotopic (exact) mass is 433 g/mol. The van der Waals surface area contributed by atoms with Gasteiger partial charge in [0.2, 0.25) is 0 Å². The Bertz CT molecular complexity index is 1020. The van der Waals surface area contributed by atoms with Gasteiger partial charge in [-0.1, -0.05) is 24.3 Å². The molecule has 3 aromatic carbocycles. The molecule has 0 amide bonds. The van der Waals surface area contributed by atoms with Crippen molar-refractivity contribution in [2.24, 2.45) is 0 Å². The van der Waals surface area contributed by atoms with Gasteiger partial charge in [0.1, 0.15) is 17.3 Å². The first-order valence-electron chi connectivity index (χ1n) is 8.91. The number of nitrogens with zero attached hydrogens (tertiary/aromatic N) is 1. The van der Waals surface area contributed by atoms with Crippen LogP contribution in [0.5, 0.6) is 11.5 Å². The highest BCUT2D eigenvalue weighted by atomic mass is 35.5. The summed E-state index contributed by atoms with van der Waals surface area (Å²) in [6, 6.07) is 20.5. The second-order valence-electron chi connectivity index (χ2n) is 6.38. The lowest BCUT2D eigenvalue weighted by Gasteiger charge is -2.08. The van der Waals surface area contributed by atoms with Crippen molar-refractivity contribution >= 4 is 35.8 Å². The van der Waals surface area contributed by atoms with E-state index in [1.54, 1.807) is 6.33 Å². The molecule has 0 atom stereocenters. The Morgan fingerprint density at radius 3 is 2.31 bits per heavy atom. The lowest BCUT2D eigenvalue weighted by Crippen LogP contribution is -2.16. The van der Waals surface area contributed by atoms with Gasteiger partial charge in [0, 0.05) is 12.6 Å². The molecule has 152 valence electrons. The average Bonchev–Trinajstić information content (AvgIpc) is 3.16. The van der Waals surface area contributed by atoms with Crippen molar-refractivity contribution in [3.8, 4) is 11.5 Å². The van der Waals surface area contributed by atoms with Crippen LogP contribution in [-0.2, 0) is 13.0 Å². The highest BCUT2D eigenvalue weighted by Gasteiger charge is 2.02. The van der Waals surface area contributed by atoms with Crippen molar-refractivity contribution in [2.75, 3.05) is 6.54 Å². The number of aromatic nitrogens is 2. The van der Waals surface area contributed by atoms with E-state index in [4.69, 9.17) is 4.74 Å². The number of hydrogen-bond acceptors (Lipinski definition) is 3. The molecule has 2 N–H and O–H groups in total. The van der Waals surface area contributed by atoms with E-state index in [1.807, 2.05) is 54.6 Å². The number of nitrogens with one attached hydrogen (secondary N) is 2. The van der Waals surface area contributed by atoms with Crippen LogP contribution in [0.4, 0.5) is 4.39 Å². The van der Waals surface area contributed by atoms with Crippen LogP contribution in [0.1, 0.15) is 11.1 Å². The van der Waals surface area contributed by atoms with Gasteiger partial charge in [0.15, 0.2) is 0 Å². The summed E-state index contributed by atoms with van der Waals surface area (Å²) in [5.74, 6) is 1.36. The van der Waals surface area contributed by atoms with E-state index in [2.05, 4.69) is 15.3 Å². The molecule has 0 unspecified atom stereocenters. The molecule has 0 saturated heterocycles. The van der Waals surface area contributed by atoms with E-state index in [9.17, 15) is 4.39 Å². The maximum absolute atomic E-state index is 12.9. The highest BCUT2D eigenvalue weighted by Crippen LogP contribution is 2.24. The topological polar surface area (TPSA) is 49.9 Å². The van der Waals surface area contributed by atoms with Crippen LogP contribution in [0, 0.1) is 5.82 Å². The van der Waals surface area contributed by atoms with Gasteiger partial charge in [-0.15, -0.1) is 24.8 Å². The Morgan fingerprint density at radius 1 is 0.862 bits per heavy atom. The van der Waals surface area contributed by atoms with Gasteiger partial charge < -0.3 is 15.0 Å². The van der Waals surface area contributed by atoms with E-state index in [0.29, 0.717) is 0 Å². The zero-order valence-corrected chi connectivity index (χ0v) is 17.2. The zero-order valence-electron chi connectivity index (χ0n) is 15.6. The zero-order chi connectivity index (χ0) is 18.5. The van der Waals surface area contributed by atoms with E-state index < -0.39 is 0 Å². The first kappa shape index (κ1) is 22.7. The van der Waals surface area contributed by atoms with Crippen molar-refractivity contribution in [1.82, 2.24) is 15.3 Å². The molecule has 1 aromatic heterocycles. The van der Waals surface area contributed by atoms with E-state index in [0.717, 1.165) is 47.6 Å². The third kappa shape index (κ3) is 6.19. The molecule has 7 heteroatoms.